The summed E-state index contributed by atoms with van der Waals surface area (Å²) < 4.78 is 15.3. The van der Waals surface area contributed by atoms with Crippen LogP contribution in [0, 0.1) is 0 Å². The molecule has 0 aromatic carbocycles. The van der Waals surface area contributed by atoms with E-state index in [1.54, 1.807) is 21.1 Å². The van der Waals surface area contributed by atoms with Crippen LogP contribution in [0.15, 0.2) is 12.2 Å². The minimum absolute atomic E-state index is 0.133. The van der Waals surface area contributed by atoms with E-state index in [9.17, 15) is 4.79 Å². The summed E-state index contributed by atoms with van der Waals surface area (Å²) in [6.45, 7) is 7.38. The summed E-state index contributed by atoms with van der Waals surface area (Å²) in [7, 11) is 1.53. The first-order chi connectivity index (χ1) is 6.52. The molecule has 4 nitrogen and oxygen atoms in total. The average Bonchev–Trinajstić information content (AvgIpc) is 2.15. The van der Waals surface area contributed by atoms with Crippen molar-refractivity contribution in [3.63, 3.8) is 0 Å². The monoisotopic (exact) mass is 218 g/mol. The summed E-state index contributed by atoms with van der Waals surface area (Å²) in [5, 5.41) is 0. The van der Waals surface area contributed by atoms with Crippen LogP contribution in [0.2, 0.25) is 5.54 Å². The van der Waals surface area contributed by atoms with Gasteiger partial charge in [-0.2, -0.15) is 0 Å². The van der Waals surface area contributed by atoms with Crippen LogP contribution in [0.4, 0.5) is 0 Å². The van der Waals surface area contributed by atoms with Gasteiger partial charge in [0.25, 0.3) is 0 Å². The summed E-state index contributed by atoms with van der Waals surface area (Å²) in [4.78, 5) is 11.1. The van der Waals surface area contributed by atoms with E-state index in [-0.39, 0.29) is 11.5 Å². The van der Waals surface area contributed by atoms with Gasteiger partial charge in [0.15, 0.2) is 0 Å². The third kappa shape index (κ3) is 4.55. The van der Waals surface area contributed by atoms with Crippen LogP contribution in [0.25, 0.3) is 0 Å². The molecule has 1 atom stereocenters. The lowest BCUT2D eigenvalue weighted by molar-refractivity contribution is -0.139. The summed E-state index contributed by atoms with van der Waals surface area (Å²) >= 11 is 0. The maximum atomic E-state index is 11.1. The van der Waals surface area contributed by atoms with Crippen molar-refractivity contribution >= 4 is 15.3 Å². The number of rotatable bonds is 6. The molecule has 5 heteroatoms. The fraction of sp³-hybridized carbons (Fsp3) is 0.667. The number of ether oxygens (including phenoxy) is 1. The maximum Gasteiger partial charge on any atom is 0.333 e. The quantitative estimate of drug-likeness (QED) is 0.379. The maximum absolute atomic E-state index is 11.1. The highest BCUT2D eigenvalue weighted by Crippen LogP contribution is 2.11. The molecule has 82 valence electrons. The van der Waals surface area contributed by atoms with Gasteiger partial charge in [-0.05, 0) is 6.92 Å². The van der Waals surface area contributed by atoms with Gasteiger partial charge in [0.1, 0.15) is 0 Å². The van der Waals surface area contributed by atoms with Gasteiger partial charge >= 0.3 is 15.3 Å². The summed E-state index contributed by atoms with van der Waals surface area (Å²) in [6, 6.07) is 0. The van der Waals surface area contributed by atoms with Crippen LogP contribution in [-0.4, -0.2) is 36.1 Å². The number of carbonyl (C=O) groups is 1. The second-order valence-electron chi connectivity index (χ2n) is 3.20. The van der Waals surface area contributed by atoms with Crippen LogP contribution >= 0.6 is 0 Å². The molecule has 0 radical (unpaired) electrons. The van der Waals surface area contributed by atoms with Gasteiger partial charge in [-0.1, -0.05) is 13.5 Å². The van der Waals surface area contributed by atoms with E-state index in [1.807, 2.05) is 6.92 Å². The molecule has 0 aromatic heterocycles. The zero-order valence-corrected chi connectivity index (χ0v) is 10.4. The van der Waals surface area contributed by atoms with Crippen LogP contribution in [-0.2, 0) is 18.4 Å². The smallest absolute Gasteiger partial charge is 0.333 e. The lowest BCUT2D eigenvalue weighted by Gasteiger charge is -2.18. The number of carbonyl (C=O) groups excluding carboxylic acids is 1. The van der Waals surface area contributed by atoms with Crippen molar-refractivity contribution in [1.82, 2.24) is 0 Å². The Morgan fingerprint density at radius 2 is 1.93 bits per heavy atom. The minimum Gasteiger partial charge on any atom is -0.462 e. The van der Waals surface area contributed by atoms with Crippen molar-refractivity contribution in [3.05, 3.63) is 12.2 Å². The van der Waals surface area contributed by atoms with E-state index in [0.717, 1.165) is 0 Å². The normalized spacial score (nSPS) is 12.6. The van der Waals surface area contributed by atoms with Crippen molar-refractivity contribution in [2.24, 2.45) is 0 Å². The Balaban J connectivity index is 3.88. The van der Waals surface area contributed by atoms with Gasteiger partial charge in [-0.3, -0.25) is 0 Å². The molecule has 0 aliphatic heterocycles. The van der Waals surface area contributed by atoms with E-state index in [0.29, 0.717) is 12.2 Å². The highest BCUT2D eigenvalue weighted by Gasteiger charge is 2.21. The van der Waals surface area contributed by atoms with Gasteiger partial charge < -0.3 is 13.6 Å². The van der Waals surface area contributed by atoms with Crippen LogP contribution < -0.4 is 0 Å². The molecule has 0 fully saturated rings. The molecule has 14 heavy (non-hydrogen) atoms. The third-order valence-corrected chi connectivity index (χ3v) is 3.81. The Kier molecular flexibility index (Phi) is 6.43. The summed E-state index contributed by atoms with van der Waals surface area (Å²) in [6.07, 6.45) is 0. The Labute approximate surface area is 86.7 Å². The van der Waals surface area contributed by atoms with E-state index >= 15 is 0 Å². The number of esters is 1. The van der Waals surface area contributed by atoms with E-state index in [2.05, 4.69) is 6.58 Å². The molecule has 0 saturated heterocycles. The van der Waals surface area contributed by atoms with Gasteiger partial charge in [0.2, 0.25) is 0 Å². The van der Waals surface area contributed by atoms with Crippen molar-refractivity contribution in [2.75, 3.05) is 20.8 Å². The van der Waals surface area contributed by atoms with Crippen molar-refractivity contribution in [1.29, 1.82) is 0 Å². The predicted molar refractivity (Wildman–Crippen MR) is 56.4 cm³/mol. The van der Waals surface area contributed by atoms with Gasteiger partial charge in [0, 0.05) is 25.3 Å². The standard InChI is InChI=1S/C9H18O4Si/c1-7(2)9(10)13-6-8(3)14(11-4)12-5/h8,14H,1,6H2,2-5H3. The van der Waals surface area contributed by atoms with Crippen LogP contribution in [0.1, 0.15) is 13.8 Å². The molecular weight excluding hydrogens is 200 g/mol. The van der Waals surface area contributed by atoms with Crippen molar-refractivity contribution in [3.8, 4) is 0 Å². The molecule has 0 N–H and O–H groups in total. The van der Waals surface area contributed by atoms with Crippen LogP contribution in [0.3, 0.4) is 0 Å². The zero-order valence-electron chi connectivity index (χ0n) is 9.20. The van der Waals surface area contributed by atoms with Gasteiger partial charge in [0.05, 0.1) is 6.61 Å². The lowest BCUT2D eigenvalue weighted by atomic mass is 10.4. The molecular formula is C9H18O4Si. The minimum atomic E-state index is -1.68. The number of hydrogen-bond acceptors (Lipinski definition) is 4. The summed E-state index contributed by atoms with van der Waals surface area (Å²) in [5.74, 6) is -0.364. The molecule has 0 aliphatic rings. The van der Waals surface area contributed by atoms with Crippen molar-refractivity contribution in [2.45, 2.75) is 19.4 Å². The van der Waals surface area contributed by atoms with Gasteiger partial charge in [-0.15, -0.1) is 0 Å². The number of hydrogen-bond donors (Lipinski definition) is 0. The molecule has 0 amide bonds. The Hall–Kier alpha value is -0.653. The first kappa shape index (κ1) is 13.3. The largest absolute Gasteiger partial charge is 0.462 e. The first-order valence-electron chi connectivity index (χ1n) is 4.41. The molecule has 0 rings (SSSR count). The zero-order chi connectivity index (χ0) is 11.1. The molecule has 0 spiro atoms. The fourth-order valence-electron chi connectivity index (χ4n) is 0.970. The Morgan fingerprint density at radius 1 is 1.43 bits per heavy atom. The van der Waals surface area contributed by atoms with E-state index < -0.39 is 9.28 Å². The summed E-state index contributed by atoms with van der Waals surface area (Å²) in [5.41, 5.74) is 0.540. The SMILES string of the molecule is C=C(C)C(=O)OCC(C)[SiH](OC)OC. The van der Waals surface area contributed by atoms with E-state index in [1.165, 1.54) is 0 Å². The van der Waals surface area contributed by atoms with Crippen molar-refractivity contribution < 1.29 is 18.4 Å². The molecule has 0 saturated carbocycles. The third-order valence-electron chi connectivity index (χ3n) is 1.76. The predicted octanol–water partition coefficient (Wildman–Crippen LogP) is 1.01. The molecule has 1 unspecified atom stereocenters. The highest BCUT2D eigenvalue weighted by molar-refractivity contribution is 6.46. The lowest BCUT2D eigenvalue weighted by Crippen LogP contribution is -2.28. The highest BCUT2D eigenvalue weighted by atomic mass is 28.3. The fourth-order valence-corrected chi connectivity index (χ4v) is 2.34. The van der Waals surface area contributed by atoms with Gasteiger partial charge in [-0.25, -0.2) is 4.79 Å². The van der Waals surface area contributed by atoms with Crippen LogP contribution in [0.5, 0.6) is 0 Å². The second kappa shape index (κ2) is 6.75. The van der Waals surface area contributed by atoms with E-state index in [4.69, 9.17) is 13.6 Å². The molecule has 0 aromatic rings. The first-order valence-corrected chi connectivity index (χ1v) is 6.02. The molecule has 0 aliphatic carbocycles. The average molecular weight is 218 g/mol. The topological polar surface area (TPSA) is 44.8 Å². The Bertz CT molecular complexity index is 201. The molecule has 0 bridgehead atoms. The second-order valence-corrected chi connectivity index (χ2v) is 6.01. The molecule has 0 heterocycles. The Morgan fingerprint density at radius 3 is 2.29 bits per heavy atom.